The summed E-state index contributed by atoms with van der Waals surface area (Å²) in [5, 5.41) is 10.6. The van der Waals surface area contributed by atoms with E-state index in [0.717, 1.165) is 102 Å². The van der Waals surface area contributed by atoms with Gasteiger partial charge in [0.05, 0.1) is 26.4 Å². The van der Waals surface area contributed by atoms with Crippen molar-refractivity contribution in [2.24, 2.45) is 11.8 Å². The van der Waals surface area contributed by atoms with Gasteiger partial charge < -0.3 is 33.8 Å². The van der Waals surface area contributed by atoms with E-state index in [1.807, 2.05) is 0 Å². The van der Waals surface area contributed by atoms with E-state index in [2.05, 4.69) is 41.5 Å². The van der Waals surface area contributed by atoms with Gasteiger partial charge in [0, 0.05) is 25.7 Å². The molecule has 2 unspecified atom stereocenters. The fourth-order valence-electron chi connectivity index (χ4n) is 11.8. The maximum atomic E-state index is 13.1. The molecule has 0 aromatic heterocycles. The lowest BCUT2D eigenvalue weighted by atomic mass is 10.0. The Balaban J connectivity index is 5.25. The lowest BCUT2D eigenvalue weighted by Crippen LogP contribution is -2.30. The Morgan fingerprint density at radius 3 is 0.708 bits per heavy atom. The molecule has 0 radical (unpaired) electrons. The fraction of sp³-hybridized carbons (Fsp3) is 0.948. The molecule has 570 valence electrons. The van der Waals surface area contributed by atoms with E-state index in [4.69, 9.17) is 37.0 Å². The Labute approximate surface area is 588 Å². The van der Waals surface area contributed by atoms with Gasteiger partial charge in [0.15, 0.2) is 12.2 Å². The maximum Gasteiger partial charge on any atom is 0.472 e. The number of hydrogen-bond acceptors (Lipinski definition) is 15. The lowest BCUT2D eigenvalue weighted by Gasteiger charge is -2.21. The van der Waals surface area contributed by atoms with Crippen LogP contribution in [-0.4, -0.2) is 96.7 Å². The minimum absolute atomic E-state index is 0.106. The molecule has 0 aromatic carbocycles. The molecule has 0 aromatic rings. The van der Waals surface area contributed by atoms with Gasteiger partial charge in [0.2, 0.25) is 0 Å². The standard InChI is InChI=1S/C77H150O17P2/c1-7-9-11-13-15-17-19-21-23-25-27-31-35-41-47-53-59-74(79)87-65-72(93-76(81)61-55-49-42-36-32-28-26-24-22-20-18-16-14-12-10-8-2)67-91-95(83,84)89-63-71(78)64-90-96(85,86)92-68-73(66-88-75(80)60-54-48-44-38-40-46-52-58-70(5)6)94-77(82)62-56-50-43-37-33-29-30-34-39-45-51-57-69(3)4/h69-73,78H,7-68H2,1-6H3,(H,83,84)(H,85,86)/t71-,72-,73-/m1/s1. The molecule has 0 saturated carbocycles. The Bertz CT molecular complexity index is 1860. The quantitative estimate of drug-likeness (QED) is 0.0222. The van der Waals surface area contributed by atoms with Gasteiger partial charge in [-0.3, -0.25) is 37.3 Å². The molecule has 0 aliphatic heterocycles. The number of esters is 4. The van der Waals surface area contributed by atoms with Crippen molar-refractivity contribution in [1.82, 2.24) is 0 Å². The number of aliphatic hydroxyl groups excluding tert-OH is 1. The van der Waals surface area contributed by atoms with Gasteiger partial charge in [0.1, 0.15) is 19.3 Å². The van der Waals surface area contributed by atoms with Crippen molar-refractivity contribution in [2.75, 3.05) is 39.6 Å². The molecular formula is C77H150O17P2. The smallest absolute Gasteiger partial charge is 0.462 e. The van der Waals surface area contributed by atoms with Crippen LogP contribution in [0.2, 0.25) is 0 Å². The van der Waals surface area contributed by atoms with Crippen LogP contribution < -0.4 is 0 Å². The second-order valence-corrected chi connectivity index (χ2v) is 31.6. The van der Waals surface area contributed by atoms with Crippen molar-refractivity contribution in [3.63, 3.8) is 0 Å². The van der Waals surface area contributed by atoms with Crippen molar-refractivity contribution < 1.29 is 80.2 Å². The number of carbonyl (C=O) groups is 4. The second-order valence-electron chi connectivity index (χ2n) is 28.7. The maximum absolute atomic E-state index is 13.1. The number of rotatable bonds is 76. The normalized spacial score (nSPS) is 14.0. The predicted molar refractivity (Wildman–Crippen MR) is 391 cm³/mol. The SMILES string of the molecule is CCCCCCCCCCCCCCCCCCC(=O)OC[C@H](COP(=O)(O)OC[C@@H](O)COP(=O)(O)OC[C@@H](COC(=O)CCCCCCCCCC(C)C)OC(=O)CCCCCCCCCCCCCC(C)C)OC(=O)CCCCCCCCCCCCCCCCCC. The van der Waals surface area contributed by atoms with Crippen LogP contribution in [0, 0.1) is 11.8 Å². The molecule has 0 amide bonds. The molecule has 17 nitrogen and oxygen atoms in total. The molecule has 0 aliphatic carbocycles. The molecular weight excluding hydrogens is 1260 g/mol. The first kappa shape index (κ1) is 94.1. The predicted octanol–water partition coefficient (Wildman–Crippen LogP) is 22.7. The van der Waals surface area contributed by atoms with Gasteiger partial charge >= 0.3 is 39.5 Å². The first-order chi connectivity index (χ1) is 46.4. The van der Waals surface area contributed by atoms with Crippen LogP contribution in [-0.2, 0) is 65.4 Å². The number of phosphoric acid groups is 2. The number of carbonyl (C=O) groups excluding carboxylic acids is 4. The van der Waals surface area contributed by atoms with Crippen molar-refractivity contribution in [2.45, 2.75) is 419 Å². The van der Waals surface area contributed by atoms with Crippen LogP contribution in [0.3, 0.4) is 0 Å². The first-order valence-electron chi connectivity index (χ1n) is 40.0. The zero-order valence-electron chi connectivity index (χ0n) is 62.7. The monoisotopic (exact) mass is 1410 g/mol. The molecule has 96 heavy (non-hydrogen) atoms. The highest BCUT2D eigenvalue weighted by atomic mass is 31.2. The van der Waals surface area contributed by atoms with E-state index in [1.54, 1.807) is 0 Å². The number of hydrogen-bond donors (Lipinski definition) is 3. The number of unbranched alkanes of at least 4 members (excludes halogenated alkanes) is 46. The van der Waals surface area contributed by atoms with E-state index >= 15 is 0 Å². The fourth-order valence-corrected chi connectivity index (χ4v) is 13.4. The van der Waals surface area contributed by atoms with Crippen LogP contribution >= 0.6 is 15.6 Å². The summed E-state index contributed by atoms with van der Waals surface area (Å²) < 4.78 is 68.6. The molecule has 0 bridgehead atoms. The van der Waals surface area contributed by atoms with Crippen LogP contribution in [0.25, 0.3) is 0 Å². The second kappa shape index (κ2) is 68.8. The Morgan fingerprint density at radius 2 is 0.479 bits per heavy atom. The topological polar surface area (TPSA) is 237 Å². The zero-order valence-corrected chi connectivity index (χ0v) is 64.5. The van der Waals surface area contributed by atoms with Gasteiger partial charge in [-0.15, -0.1) is 0 Å². The van der Waals surface area contributed by atoms with Gasteiger partial charge in [-0.25, -0.2) is 9.13 Å². The molecule has 0 rings (SSSR count). The minimum atomic E-state index is -4.96. The molecule has 0 heterocycles. The first-order valence-corrected chi connectivity index (χ1v) is 43.0. The third-order valence-corrected chi connectivity index (χ3v) is 19.9. The summed E-state index contributed by atoms with van der Waals surface area (Å²) in [6, 6.07) is 0. The molecule has 19 heteroatoms. The molecule has 0 fully saturated rings. The highest BCUT2D eigenvalue weighted by Crippen LogP contribution is 2.45. The van der Waals surface area contributed by atoms with E-state index in [-0.39, 0.29) is 25.7 Å². The summed E-state index contributed by atoms with van der Waals surface area (Å²) >= 11 is 0. The summed E-state index contributed by atoms with van der Waals surface area (Å²) in [5.41, 5.74) is 0. The van der Waals surface area contributed by atoms with E-state index in [9.17, 15) is 43.2 Å². The number of phosphoric ester groups is 2. The molecule has 5 atom stereocenters. The lowest BCUT2D eigenvalue weighted by molar-refractivity contribution is -0.161. The summed E-state index contributed by atoms with van der Waals surface area (Å²) in [6.07, 6.45) is 56.9. The molecule has 0 spiro atoms. The number of ether oxygens (including phenoxy) is 4. The third-order valence-electron chi connectivity index (χ3n) is 18.0. The zero-order chi connectivity index (χ0) is 70.7. The highest BCUT2D eigenvalue weighted by Gasteiger charge is 2.30. The van der Waals surface area contributed by atoms with Crippen LogP contribution in [0.15, 0.2) is 0 Å². The average Bonchev–Trinajstić information content (AvgIpc) is 1.21. The van der Waals surface area contributed by atoms with Crippen LogP contribution in [0.5, 0.6) is 0 Å². The van der Waals surface area contributed by atoms with Crippen LogP contribution in [0.4, 0.5) is 0 Å². The number of aliphatic hydroxyl groups is 1. The van der Waals surface area contributed by atoms with Gasteiger partial charge in [-0.1, -0.05) is 350 Å². The summed E-state index contributed by atoms with van der Waals surface area (Å²) in [6.45, 7) is 9.56. The van der Waals surface area contributed by atoms with Crippen molar-refractivity contribution >= 4 is 39.5 Å². The van der Waals surface area contributed by atoms with Crippen molar-refractivity contribution in [3.05, 3.63) is 0 Å². The van der Waals surface area contributed by atoms with E-state index < -0.39 is 97.5 Å². The van der Waals surface area contributed by atoms with Gasteiger partial charge in [-0.05, 0) is 37.5 Å². The Hall–Kier alpha value is -1.94. The van der Waals surface area contributed by atoms with Crippen molar-refractivity contribution in [1.29, 1.82) is 0 Å². The third kappa shape index (κ3) is 70.5. The van der Waals surface area contributed by atoms with Crippen molar-refractivity contribution in [3.8, 4) is 0 Å². The minimum Gasteiger partial charge on any atom is -0.462 e. The van der Waals surface area contributed by atoms with Gasteiger partial charge in [0.25, 0.3) is 0 Å². The largest absolute Gasteiger partial charge is 0.472 e. The Morgan fingerprint density at radius 1 is 0.281 bits per heavy atom. The summed E-state index contributed by atoms with van der Waals surface area (Å²) in [7, 11) is -9.91. The van der Waals surface area contributed by atoms with E-state index in [1.165, 1.54) is 212 Å². The highest BCUT2D eigenvalue weighted by molar-refractivity contribution is 7.47. The van der Waals surface area contributed by atoms with Gasteiger partial charge in [-0.2, -0.15) is 0 Å². The summed E-state index contributed by atoms with van der Waals surface area (Å²) in [4.78, 5) is 72.9. The molecule has 0 aliphatic rings. The molecule has 3 N–H and O–H groups in total. The van der Waals surface area contributed by atoms with E-state index in [0.29, 0.717) is 31.6 Å². The molecule has 0 saturated heterocycles. The Kier molecular flexibility index (Phi) is 67.4. The summed E-state index contributed by atoms with van der Waals surface area (Å²) in [5.74, 6) is -0.643. The van der Waals surface area contributed by atoms with Crippen LogP contribution in [0.1, 0.15) is 401 Å². The average molecular weight is 1410 g/mol.